The Kier molecular flexibility index (Phi) is 3.75. The van der Waals surface area contributed by atoms with Crippen molar-refractivity contribution >= 4 is 11.6 Å². The molecule has 0 radical (unpaired) electrons. The maximum Gasteiger partial charge on any atom is 0.255 e. The van der Waals surface area contributed by atoms with Gasteiger partial charge in [-0.3, -0.25) is 4.79 Å². The summed E-state index contributed by atoms with van der Waals surface area (Å²) >= 11 is 0. The zero-order chi connectivity index (χ0) is 13.0. The molecular weight excluding hydrogens is 226 g/mol. The van der Waals surface area contributed by atoms with Crippen molar-refractivity contribution in [2.75, 3.05) is 5.32 Å². The van der Waals surface area contributed by atoms with E-state index in [4.69, 9.17) is 0 Å². The van der Waals surface area contributed by atoms with E-state index in [9.17, 15) is 9.90 Å². The fraction of sp³-hybridized carbons (Fsp3) is 0.133. The number of rotatable bonds is 3. The first-order valence-electron chi connectivity index (χ1n) is 5.77. The Morgan fingerprint density at radius 2 is 1.78 bits per heavy atom. The molecular formula is C15H15NO2. The highest BCUT2D eigenvalue weighted by atomic mass is 16.3. The van der Waals surface area contributed by atoms with Gasteiger partial charge in [-0.1, -0.05) is 35.9 Å². The van der Waals surface area contributed by atoms with Crippen LogP contribution < -0.4 is 5.32 Å². The first kappa shape index (κ1) is 12.3. The van der Waals surface area contributed by atoms with E-state index in [1.54, 1.807) is 24.3 Å². The summed E-state index contributed by atoms with van der Waals surface area (Å²) in [6.07, 6.45) is 0. The minimum atomic E-state index is -0.170. The average molecular weight is 241 g/mol. The minimum Gasteiger partial charge on any atom is -0.392 e. The van der Waals surface area contributed by atoms with Gasteiger partial charge in [-0.15, -0.1) is 0 Å². The molecule has 0 unspecified atom stereocenters. The van der Waals surface area contributed by atoms with E-state index >= 15 is 0 Å². The Balaban J connectivity index is 2.18. The number of hydrogen-bond donors (Lipinski definition) is 2. The summed E-state index contributed by atoms with van der Waals surface area (Å²) in [6.45, 7) is 1.88. The van der Waals surface area contributed by atoms with E-state index in [0.717, 1.165) is 5.56 Å². The molecule has 2 N–H and O–H groups in total. The van der Waals surface area contributed by atoms with Crippen molar-refractivity contribution in [2.45, 2.75) is 13.5 Å². The Morgan fingerprint density at radius 3 is 2.44 bits per heavy atom. The van der Waals surface area contributed by atoms with Gasteiger partial charge >= 0.3 is 0 Å². The number of hydrogen-bond acceptors (Lipinski definition) is 2. The molecule has 0 aliphatic heterocycles. The van der Waals surface area contributed by atoms with Crippen molar-refractivity contribution in [1.29, 1.82) is 0 Å². The Hall–Kier alpha value is -2.13. The zero-order valence-corrected chi connectivity index (χ0v) is 10.2. The number of aryl methyl sites for hydroxylation is 1. The number of aliphatic hydroxyl groups is 1. The highest BCUT2D eigenvalue weighted by molar-refractivity contribution is 6.04. The monoisotopic (exact) mass is 241 g/mol. The van der Waals surface area contributed by atoms with Crippen LogP contribution in [0.5, 0.6) is 0 Å². The van der Waals surface area contributed by atoms with Crippen LogP contribution >= 0.6 is 0 Å². The van der Waals surface area contributed by atoms with Gasteiger partial charge in [0.05, 0.1) is 6.61 Å². The van der Waals surface area contributed by atoms with E-state index in [1.165, 1.54) is 0 Å². The maximum absolute atomic E-state index is 12.0. The van der Waals surface area contributed by atoms with Gasteiger partial charge in [0.1, 0.15) is 0 Å². The van der Waals surface area contributed by atoms with E-state index < -0.39 is 0 Å². The molecule has 0 saturated carbocycles. The molecule has 0 bridgehead atoms. The second-order valence-electron chi connectivity index (χ2n) is 4.14. The van der Waals surface area contributed by atoms with Crippen LogP contribution in [-0.4, -0.2) is 11.0 Å². The molecule has 0 spiro atoms. The molecule has 0 atom stereocenters. The van der Waals surface area contributed by atoms with Gasteiger partial charge in [-0.05, 0) is 25.1 Å². The van der Waals surface area contributed by atoms with Gasteiger partial charge in [0, 0.05) is 16.8 Å². The molecule has 0 heterocycles. The van der Waals surface area contributed by atoms with E-state index in [1.807, 2.05) is 31.2 Å². The first-order valence-corrected chi connectivity index (χ1v) is 5.77. The summed E-state index contributed by atoms with van der Waals surface area (Å²) in [5, 5.41) is 12.0. The summed E-state index contributed by atoms with van der Waals surface area (Å²) in [6, 6.07) is 14.6. The molecule has 92 valence electrons. The van der Waals surface area contributed by atoms with Crippen LogP contribution in [0.1, 0.15) is 21.5 Å². The number of para-hydroxylation sites is 1. The van der Waals surface area contributed by atoms with Crippen molar-refractivity contribution in [1.82, 2.24) is 0 Å². The highest BCUT2D eigenvalue weighted by Gasteiger charge is 2.07. The Morgan fingerprint density at radius 1 is 1.11 bits per heavy atom. The molecule has 0 saturated heterocycles. The number of carbonyl (C=O) groups is 1. The zero-order valence-electron chi connectivity index (χ0n) is 10.2. The van der Waals surface area contributed by atoms with Gasteiger partial charge in [0.2, 0.25) is 0 Å². The second-order valence-corrected chi connectivity index (χ2v) is 4.14. The number of amides is 1. The number of carbonyl (C=O) groups excluding carboxylic acids is 1. The molecule has 3 nitrogen and oxygen atoms in total. The standard InChI is InChI=1S/C15H15NO2/c1-11-6-8-12(9-7-11)15(18)16-14-5-3-2-4-13(14)10-17/h2-9,17H,10H2,1H3,(H,16,18). The summed E-state index contributed by atoms with van der Waals surface area (Å²) in [5.74, 6) is -0.170. The van der Waals surface area contributed by atoms with E-state index in [0.29, 0.717) is 16.8 Å². The third-order valence-corrected chi connectivity index (χ3v) is 2.75. The molecule has 3 heteroatoms. The smallest absolute Gasteiger partial charge is 0.255 e. The normalized spacial score (nSPS) is 10.1. The van der Waals surface area contributed by atoms with Crippen LogP contribution in [-0.2, 0) is 6.61 Å². The first-order chi connectivity index (χ1) is 8.70. The second kappa shape index (κ2) is 5.47. The predicted octanol–water partition coefficient (Wildman–Crippen LogP) is 2.74. The van der Waals surface area contributed by atoms with E-state index in [2.05, 4.69) is 5.32 Å². The lowest BCUT2D eigenvalue weighted by Gasteiger charge is -2.09. The topological polar surface area (TPSA) is 49.3 Å². The minimum absolute atomic E-state index is 0.0929. The summed E-state index contributed by atoms with van der Waals surface area (Å²) in [5.41, 5.74) is 3.07. The molecule has 0 aliphatic rings. The Labute approximate surface area is 106 Å². The summed E-state index contributed by atoms with van der Waals surface area (Å²) in [7, 11) is 0. The van der Waals surface area contributed by atoms with Gasteiger partial charge in [0.25, 0.3) is 5.91 Å². The summed E-state index contributed by atoms with van der Waals surface area (Å²) < 4.78 is 0. The number of nitrogens with one attached hydrogen (secondary N) is 1. The highest BCUT2D eigenvalue weighted by Crippen LogP contribution is 2.16. The van der Waals surface area contributed by atoms with Gasteiger partial charge < -0.3 is 10.4 Å². The van der Waals surface area contributed by atoms with Crippen LogP contribution in [0.3, 0.4) is 0 Å². The van der Waals surface area contributed by atoms with Crippen molar-refractivity contribution in [3.63, 3.8) is 0 Å². The largest absolute Gasteiger partial charge is 0.392 e. The van der Waals surface area contributed by atoms with Gasteiger partial charge in [0.15, 0.2) is 0 Å². The third-order valence-electron chi connectivity index (χ3n) is 2.75. The third kappa shape index (κ3) is 2.76. The molecule has 2 rings (SSSR count). The number of benzene rings is 2. The summed E-state index contributed by atoms with van der Waals surface area (Å²) in [4.78, 5) is 12.0. The molecule has 2 aromatic rings. The SMILES string of the molecule is Cc1ccc(C(=O)Nc2ccccc2CO)cc1. The molecule has 0 aliphatic carbocycles. The van der Waals surface area contributed by atoms with Crippen molar-refractivity contribution in [3.05, 3.63) is 65.2 Å². The van der Waals surface area contributed by atoms with Crippen LogP contribution in [0.2, 0.25) is 0 Å². The lowest BCUT2D eigenvalue weighted by molar-refractivity contribution is 0.102. The van der Waals surface area contributed by atoms with Crippen LogP contribution in [0.25, 0.3) is 0 Å². The van der Waals surface area contributed by atoms with Crippen LogP contribution in [0, 0.1) is 6.92 Å². The molecule has 2 aromatic carbocycles. The predicted molar refractivity (Wildman–Crippen MR) is 71.5 cm³/mol. The molecule has 0 aromatic heterocycles. The van der Waals surface area contributed by atoms with Crippen molar-refractivity contribution < 1.29 is 9.90 Å². The Bertz CT molecular complexity index is 547. The number of anilines is 1. The molecule has 1 amide bonds. The lowest BCUT2D eigenvalue weighted by Crippen LogP contribution is -2.13. The fourth-order valence-electron chi connectivity index (χ4n) is 1.68. The lowest BCUT2D eigenvalue weighted by atomic mass is 10.1. The fourth-order valence-corrected chi connectivity index (χ4v) is 1.68. The van der Waals surface area contributed by atoms with Crippen molar-refractivity contribution in [2.24, 2.45) is 0 Å². The van der Waals surface area contributed by atoms with E-state index in [-0.39, 0.29) is 12.5 Å². The van der Waals surface area contributed by atoms with Crippen molar-refractivity contribution in [3.8, 4) is 0 Å². The average Bonchev–Trinajstić information content (AvgIpc) is 2.40. The number of aliphatic hydroxyl groups excluding tert-OH is 1. The molecule has 18 heavy (non-hydrogen) atoms. The quantitative estimate of drug-likeness (QED) is 0.868. The molecule has 0 fully saturated rings. The van der Waals surface area contributed by atoms with Crippen LogP contribution in [0.15, 0.2) is 48.5 Å². The van der Waals surface area contributed by atoms with Crippen LogP contribution in [0.4, 0.5) is 5.69 Å². The maximum atomic E-state index is 12.0. The van der Waals surface area contributed by atoms with Gasteiger partial charge in [-0.2, -0.15) is 0 Å². The van der Waals surface area contributed by atoms with Gasteiger partial charge in [-0.25, -0.2) is 0 Å².